The van der Waals surface area contributed by atoms with Crippen molar-refractivity contribution in [1.29, 1.82) is 0 Å². The first-order valence-electron chi connectivity index (χ1n) is 8.07. The first-order chi connectivity index (χ1) is 10.2. The molecule has 3 rings (SSSR count). The normalized spacial score (nSPS) is 19.3. The zero-order valence-corrected chi connectivity index (χ0v) is 12.8. The molecule has 4 heteroatoms. The number of benzene rings is 1. The highest BCUT2D eigenvalue weighted by Crippen LogP contribution is 2.29. The lowest BCUT2D eigenvalue weighted by Crippen LogP contribution is -2.42. The van der Waals surface area contributed by atoms with Crippen LogP contribution in [0.1, 0.15) is 31.2 Å². The largest absolute Gasteiger partial charge is 0.322 e. The number of piperidine rings is 1. The van der Waals surface area contributed by atoms with E-state index in [1.807, 2.05) is 31.2 Å². The Bertz CT molecular complexity index is 493. The molecule has 0 unspecified atom stereocenters. The average Bonchev–Trinajstić information content (AvgIpc) is 3.30. The summed E-state index contributed by atoms with van der Waals surface area (Å²) in [7, 11) is 0. The SMILES string of the molecule is Cc1cccc(NC(=O)N(CC2CCNCC2)C2CC2)c1. The second-order valence-electron chi connectivity index (χ2n) is 6.38. The third-order valence-electron chi connectivity index (χ3n) is 4.43. The van der Waals surface area contributed by atoms with E-state index < -0.39 is 0 Å². The van der Waals surface area contributed by atoms with Gasteiger partial charge in [0.05, 0.1) is 0 Å². The molecule has 114 valence electrons. The van der Waals surface area contributed by atoms with E-state index >= 15 is 0 Å². The van der Waals surface area contributed by atoms with E-state index in [1.54, 1.807) is 0 Å². The number of anilines is 1. The van der Waals surface area contributed by atoms with Crippen LogP contribution < -0.4 is 10.6 Å². The molecule has 2 N–H and O–H groups in total. The first kappa shape index (κ1) is 14.4. The third kappa shape index (κ3) is 3.97. The van der Waals surface area contributed by atoms with Gasteiger partial charge in [-0.05, 0) is 69.3 Å². The molecule has 4 nitrogen and oxygen atoms in total. The number of nitrogens with zero attached hydrogens (tertiary/aromatic N) is 1. The molecule has 1 aliphatic carbocycles. The van der Waals surface area contributed by atoms with Gasteiger partial charge in [-0.25, -0.2) is 4.79 Å². The van der Waals surface area contributed by atoms with Crippen molar-refractivity contribution in [1.82, 2.24) is 10.2 Å². The molecule has 1 heterocycles. The summed E-state index contributed by atoms with van der Waals surface area (Å²) in [4.78, 5) is 14.6. The van der Waals surface area contributed by atoms with Crippen LogP contribution in [0.2, 0.25) is 0 Å². The van der Waals surface area contributed by atoms with E-state index in [0.29, 0.717) is 12.0 Å². The van der Waals surface area contributed by atoms with Crippen molar-refractivity contribution in [2.75, 3.05) is 25.0 Å². The number of hydrogen-bond donors (Lipinski definition) is 2. The molecule has 2 amide bonds. The number of nitrogens with one attached hydrogen (secondary N) is 2. The van der Waals surface area contributed by atoms with Gasteiger partial charge < -0.3 is 15.5 Å². The molecular formula is C17H25N3O. The van der Waals surface area contributed by atoms with Gasteiger partial charge in [0.1, 0.15) is 0 Å². The topological polar surface area (TPSA) is 44.4 Å². The second-order valence-corrected chi connectivity index (χ2v) is 6.38. The summed E-state index contributed by atoms with van der Waals surface area (Å²) in [5, 5.41) is 6.45. The van der Waals surface area contributed by atoms with Gasteiger partial charge in [0.15, 0.2) is 0 Å². The molecule has 1 aliphatic heterocycles. The number of amides is 2. The molecule has 2 fully saturated rings. The van der Waals surface area contributed by atoms with E-state index in [4.69, 9.17) is 0 Å². The monoisotopic (exact) mass is 287 g/mol. The molecule has 1 aromatic rings. The van der Waals surface area contributed by atoms with Gasteiger partial charge in [-0.2, -0.15) is 0 Å². The molecular weight excluding hydrogens is 262 g/mol. The maximum Gasteiger partial charge on any atom is 0.322 e. The van der Waals surface area contributed by atoms with Crippen LogP contribution in [0.25, 0.3) is 0 Å². The molecule has 1 saturated carbocycles. The lowest BCUT2D eigenvalue weighted by Gasteiger charge is -2.30. The van der Waals surface area contributed by atoms with Crippen LogP contribution in [-0.2, 0) is 0 Å². The minimum Gasteiger partial charge on any atom is -0.321 e. The van der Waals surface area contributed by atoms with Crippen LogP contribution in [0.4, 0.5) is 10.5 Å². The van der Waals surface area contributed by atoms with Gasteiger partial charge in [0, 0.05) is 18.3 Å². The zero-order valence-electron chi connectivity index (χ0n) is 12.8. The van der Waals surface area contributed by atoms with E-state index in [2.05, 4.69) is 15.5 Å². The van der Waals surface area contributed by atoms with Crippen LogP contribution in [0.15, 0.2) is 24.3 Å². The Hall–Kier alpha value is -1.55. The summed E-state index contributed by atoms with van der Waals surface area (Å²) >= 11 is 0. The number of urea groups is 1. The molecule has 0 aromatic heterocycles. The fourth-order valence-corrected chi connectivity index (χ4v) is 3.04. The van der Waals surface area contributed by atoms with E-state index in [9.17, 15) is 4.79 Å². The molecule has 0 atom stereocenters. The molecule has 0 radical (unpaired) electrons. The smallest absolute Gasteiger partial charge is 0.321 e. The standard InChI is InChI=1S/C17H25N3O/c1-13-3-2-4-15(11-13)19-17(21)20(16-5-6-16)12-14-7-9-18-10-8-14/h2-4,11,14,16,18H,5-10,12H2,1H3,(H,19,21). The molecule has 2 aliphatic rings. The summed E-state index contributed by atoms with van der Waals surface area (Å²) in [5.74, 6) is 0.648. The Labute approximate surface area is 126 Å². The predicted octanol–water partition coefficient (Wildman–Crippen LogP) is 2.99. The minimum absolute atomic E-state index is 0.0710. The maximum atomic E-state index is 12.6. The Morgan fingerprint density at radius 1 is 1.29 bits per heavy atom. The molecule has 1 saturated heterocycles. The van der Waals surface area contributed by atoms with Crippen molar-refractivity contribution in [2.45, 2.75) is 38.6 Å². The van der Waals surface area contributed by atoms with Crippen LogP contribution in [0.5, 0.6) is 0 Å². The van der Waals surface area contributed by atoms with Crippen molar-refractivity contribution in [3.8, 4) is 0 Å². The minimum atomic E-state index is 0.0710. The maximum absolute atomic E-state index is 12.6. The highest BCUT2D eigenvalue weighted by Gasteiger charge is 2.34. The van der Waals surface area contributed by atoms with Gasteiger partial charge in [-0.3, -0.25) is 0 Å². The zero-order chi connectivity index (χ0) is 14.7. The van der Waals surface area contributed by atoms with Crippen LogP contribution >= 0.6 is 0 Å². The van der Waals surface area contributed by atoms with Crippen molar-refractivity contribution in [2.24, 2.45) is 5.92 Å². The molecule has 21 heavy (non-hydrogen) atoms. The first-order valence-corrected chi connectivity index (χ1v) is 8.07. The fraction of sp³-hybridized carbons (Fsp3) is 0.588. The average molecular weight is 287 g/mol. The summed E-state index contributed by atoms with van der Waals surface area (Å²) in [6.07, 6.45) is 4.68. The van der Waals surface area contributed by atoms with Crippen LogP contribution in [-0.4, -0.2) is 36.6 Å². The highest BCUT2D eigenvalue weighted by molar-refractivity contribution is 5.89. The van der Waals surface area contributed by atoms with Crippen molar-refractivity contribution < 1.29 is 4.79 Å². The quantitative estimate of drug-likeness (QED) is 0.894. The second kappa shape index (κ2) is 6.48. The van der Waals surface area contributed by atoms with Gasteiger partial charge >= 0.3 is 6.03 Å². The summed E-state index contributed by atoms with van der Waals surface area (Å²) in [5.41, 5.74) is 2.07. The summed E-state index contributed by atoms with van der Waals surface area (Å²) in [6.45, 7) is 5.12. The third-order valence-corrected chi connectivity index (χ3v) is 4.43. The molecule has 0 spiro atoms. The Morgan fingerprint density at radius 3 is 2.71 bits per heavy atom. The van der Waals surface area contributed by atoms with Gasteiger partial charge in [-0.1, -0.05) is 12.1 Å². The van der Waals surface area contributed by atoms with E-state index in [1.165, 1.54) is 18.4 Å². The van der Waals surface area contributed by atoms with Crippen LogP contribution in [0, 0.1) is 12.8 Å². The van der Waals surface area contributed by atoms with E-state index in [-0.39, 0.29) is 6.03 Å². The Kier molecular flexibility index (Phi) is 4.44. The number of aryl methyl sites for hydroxylation is 1. The van der Waals surface area contributed by atoms with Crippen molar-refractivity contribution >= 4 is 11.7 Å². The fourth-order valence-electron chi connectivity index (χ4n) is 3.04. The van der Waals surface area contributed by atoms with Gasteiger partial charge in [0.2, 0.25) is 0 Å². The highest BCUT2D eigenvalue weighted by atomic mass is 16.2. The van der Waals surface area contributed by atoms with Crippen molar-refractivity contribution in [3.63, 3.8) is 0 Å². The Balaban J connectivity index is 1.61. The lowest BCUT2D eigenvalue weighted by molar-refractivity contribution is 0.189. The summed E-state index contributed by atoms with van der Waals surface area (Å²) in [6, 6.07) is 8.54. The Morgan fingerprint density at radius 2 is 2.05 bits per heavy atom. The number of rotatable bonds is 4. The number of carbonyl (C=O) groups is 1. The summed E-state index contributed by atoms with van der Waals surface area (Å²) < 4.78 is 0. The lowest BCUT2D eigenvalue weighted by atomic mass is 9.97. The number of carbonyl (C=O) groups excluding carboxylic acids is 1. The van der Waals surface area contributed by atoms with Gasteiger partial charge in [0.25, 0.3) is 0 Å². The predicted molar refractivity (Wildman–Crippen MR) is 85.5 cm³/mol. The molecule has 1 aromatic carbocycles. The van der Waals surface area contributed by atoms with Gasteiger partial charge in [-0.15, -0.1) is 0 Å². The molecule has 0 bridgehead atoms. The van der Waals surface area contributed by atoms with Crippen LogP contribution in [0.3, 0.4) is 0 Å². The number of hydrogen-bond acceptors (Lipinski definition) is 2. The van der Waals surface area contributed by atoms with Crippen molar-refractivity contribution in [3.05, 3.63) is 29.8 Å². The van der Waals surface area contributed by atoms with E-state index in [0.717, 1.165) is 38.2 Å².